The van der Waals surface area contributed by atoms with Crippen LogP contribution in [0, 0.1) is 0 Å². The van der Waals surface area contributed by atoms with Gasteiger partial charge in [0, 0.05) is 0 Å². The first-order valence-corrected chi connectivity index (χ1v) is 4.77. The number of hydrogen-bond donors (Lipinski definition) is 3. The molecule has 0 heterocycles. The van der Waals surface area contributed by atoms with E-state index >= 15 is 0 Å². The van der Waals surface area contributed by atoms with E-state index in [4.69, 9.17) is 9.90 Å². The van der Waals surface area contributed by atoms with Crippen LogP contribution in [0.5, 0.6) is 5.75 Å². The second-order valence-electron chi connectivity index (χ2n) is 2.75. The summed E-state index contributed by atoms with van der Waals surface area (Å²) in [6.45, 7) is 2.15. The van der Waals surface area contributed by atoms with E-state index in [9.17, 15) is 0 Å². The zero-order valence-corrected chi connectivity index (χ0v) is 9.00. The number of carbonyl (C=O) groups is 1. The van der Waals surface area contributed by atoms with Crippen LogP contribution in [0.4, 0.5) is 4.79 Å². The number of aromatic hydroxyl groups is 1. The van der Waals surface area contributed by atoms with Gasteiger partial charge < -0.3 is 10.8 Å². The number of rotatable bonds is 2. The molecular weight excluding hydrogens is 198 g/mol. The van der Waals surface area contributed by atoms with Gasteiger partial charge in [0.15, 0.2) is 0 Å². The van der Waals surface area contributed by atoms with Gasteiger partial charge in [-0.15, -0.1) is 0 Å². The van der Waals surface area contributed by atoms with Crippen LogP contribution >= 0.6 is 12.6 Å². The van der Waals surface area contributed by atoms with Crippen molar-refractivity contribution in [3.05, 3.63) is 29.8 Å². The number of amides is 1. The summed E-state index contributed by atoms with van der Waals surface area (Å²) in [5.74, 6) is 0.347. The Bertz CT molecular complexity index is 268. The SMILES string of the molecule is CCCc1ccc(O)cc1.NC(=O)S. The van der Waals surface area contributed by atoms with Crippen molar-refractivity contribution in [2.24, 2.45) is 5.73 Å². The molecule has 4 heteroatoms. The van der Waals surface area contributed by atoms with Crippen molar-refractivity contribution in [1.29, 1.82) is 0 Å². The minimum atomic E-state index is -0.639. The number of nitrogens with two attached hydrogens (primary N) is 1. The third-order valence-electron chi connectivity index (χ3n) is 1.48. The summed E-state index contributed by atoms with van der Waals surface area (Å²) in [5.41, 5.74) is 5.63. The van der Waals surface area contributed by atoms with Gasteiger partial charge >= 0.3 is 0 Å². The Balaban J connectivity index is 0.000000364. The van der Waals surface area contributed by atoms with Gasteiger partial charge in [-0.25, -0.2) is 0 Å². The normalized spacial score (nSPS) is 8.71. The molecule has 0 aliphatic heterocycles. The summed E-state index contributed by atoms with van der Waals surface area (Å²) < 4.78 is 0. The number of hydrogen-bond acceptors (Lipinski definition) is 2. The Labute approximate surface area is 89.3 Å². The van der Waals surface area contributed by atoms with Crippen molar-refractivity contribution in [2.75, 3.05) is 0 Å². The van der Waals surface area contributed by atoms with Crippen LogP contribution in [-0.4, -0.2) is 10.3 Å². The van der Waals surface area contributed by atoms with Crippen LogP contribution in [0.2, 0.25) is 0 Å². The maximum atomic E-state index is 9.09. The van der Waals surface area contributed by atoms with Crippen molar-refractivity contribution in [3.8, 4) is 5.75 Å². The van der Waals surface area contributed by atoms with Gasteiger partial charge in [0.05, 0.1) is 0 Å². The highest BCUT2D eigenvalue weighted by molar-refractivity contribution is 7.96. The molecule has 1 aromatic carbocycles. The van der Waals surface area contributed by atoms with E-state index in [-0.39, 0.29) is 0 Å². The molecule has 0 fully saturated rings. The molecule has 78 valence electrons. The minimum absolute atomic E-state index is 0.347. The van der Waals surface area contributed by atoms with Gasteiger partial charge in [0.1, 0.15) is 5.75 Å². The molecule has 14 heavy (non-hydrogen) atoms. The van der Waals surface area contributed by atoms with Gasteiger partial charge in [-0.3, -0.25) is 4.79 Å². The van der Waals surface area contributed by atoms with E-state index in [1.165, 1.54) is 5.56 Å². The Morgan fingerprint density at radius 1 is 1.43 bits per heavy atom. The Kier molecular flexibility index (Phi) is 6.66. The summed E-state index contributed by atoms with van der Waals surface area (Å²) in [7, 11) is 0. The fourth-order valence-corrected chi connectivity index (χ4v) is 0.951. The fraction of sp³-hybridized carbons (Fsp3) is 0.300. The zero-order valence-electron chi connectivity index (χ0n) is 8.10. The third-order valence-corrected chi connectivity index (χ3v) is 1.48. The standard InChI is InChI=1S/C9H12O.CH3NOS/c1-2-3-8-4-6-9(10)7-5-8;2-1(3)4/h4-7,10H,2-3H2,1H3;(H3,2,3,4). The Morgan fingerprint density at radius 2 is 1.86 bits per heavy atom. The lowest BCUT2D eigenvalue weighted by molar-refractivity contribution is 0.267. The number of benzene rings is 1. The lowest BCUT2D eigenvalue weighted by Crippen LogP contribution is -1.95. The largest absolute Gasteiger partial charge is 0.508 e. The van der Waals surface area contributed by atoms with Crippen molar-refractivity contribution < 1.29 is 9.90 Å². The fourth-order valence-electron chi connectivity index (χ4n) is 0.951. The molecule has 0 aliphatic rings. The van der Waals surface area contributed by atoms with Crippen LogP contribution in [-0.2, 0) is 6.42 Å². The summed E-state index contributed by atoms with van der Waals surface area (Å²) in [6.07, 6.45) is 2.26. The number of thiol groups is 1. The second kappa shape index (κ2) is 7.26. The van der Waals surface area contributed by atoms with Gasteiger partial charge in [-0.1, -0.05) is 38.1 Å². The molecule has 0 bridgehead atoms. The lowest BCUT2D eigenvalue weighted by atomic mass is 10.1. The molecule has 0 radical (unpaired) electrons. The molecule has 1 amide bonds. The molecule has 0 aliphatic carbocycles. The highest BCUT2D eigenvalue weighted by atomic mass is 32.1. The smallest absolute Gasteiger partial charge is 0.273 e. The van der Waals surface area contributed by atoms with Crippen molar-refractivity contribution in [1.82, 2.24) is 0 Å². The van der Waals surface area contributed by atoms with E-state index in [2.05, 4.69) is 25.3 Å². The van der Waals surface area contributed by atoms with Gasteiger partial charge in [0.2, 0.25) is 0 Å². The van der Waals surface area contributed by atoms with E-state index < -0.39 is 5.24 Å². The van der Waals surface area contributed by atoms with Crippen LogP contribution in [0.3, 0.4) is 0 Å². The predicted molar refractivity (Wildman–Crippen MR) is 60.7 cm³/mol. The molecule has 0 saturated heterocycles. The van der Waals surface area contributed by atoms with Crippen LogP contribution in [0.1, 0.15) is 18.9 Å². The molecule has 3 N–H and O–H groups in total. The summed E-state index contributed by atoms with van der Waals surface area (Å²) >= 11 is 3.10. The number of aryl methyl sites for hydroxylation is 1. The monoisotopic (exact) mass is 213 g/mol. The molecule has 0 unspecified atom stereocenters. The molecule has 0 saturated carbocycles. The first kappa shape index (κ1) is 12.8. The summed E-state index contributed by atoms with van der Waals surface area (Å²) in [6, 6.07) is 7.37. The number of phenols is 1. The molecule has 3 nitrogen and oxygen atoms in total. The third kappa shape index (κ3) is 7.49. The average Bonchev–Trinajstić information content (AvgIpc) is 2.08. The maximum Gasteiger partial charge on any atom is 0.273 e. The van der Waals surface area contributed by atoms with Gasteiger partial charge in [-0.05, 0) is 24.1 Å². The second-order valence-corrected chi connectivity index (χ2v) is 3.20. The van der Waals surface area contributed by atoms with E-state index in [1.807, 2.05) is 12.1 Å². The molecule has 0 spiro atoms. The molecule has 0 atom stereocenters. The van der Waals surface area contributed by atoms with Crippen LogP contribution < -0.4 is 5.73 Å². The Hall–Kier alpha value is -1.16. The molecule has 1 rings (SSSR count). The topological polar surface area (TPSA) is 63.3 Å². The van der Waals surface area contributed by atoms with Gasteiger partial charge in [0.25, 0.3) is 5.24 Å². The molecule has 0 aromatic heterocycles. The van der Waals surface area contributed by atoms with Crippen molar-refractivity contribution in [3.63, 3.8) is 0 Å². The highest BCUT2D eigenvalue weighted by Crippen LogP contribution is 2.10. The highest BCUT2D eigenvalue weighted by Gasteiger charge is 1.89. The quantitative estimate of drug-likeness (QED) is 0.660. The zero-order chi connectivity index (χ0) is 11.0. The number of primary amides is 1. The predicted octanol–water partition coefficient (Wildman–Crippen LogP) is 2.34. The van der Waals surface area contributed by atoms with Crippen LogP contribution in [0.25, 0.3) is 0 Å². The minimum Gasteiger partial charge on any atom is -0.508 e. The molecular formula is C10H15NO2S. The maximum absolute atomic E-state index is 9.09. The van der Waals surface area contributed by atoms with Crippen molar-refractivity contribution >= 4 is 17.9 Å². The van der Waals surface area contributed by atoms with E-state index in [0.29, 0.717) is 5.75 Å². The first-order valence-electron chi connectivity index (χ1n) is 4.32. The summed E-state index contributed by atoms with van der Waals surface area (Å²) in [4.78, 5) is 9.09. The first-order chi connectivity index (χ1) is 6.56. The van der Waals surface area contributed by atoms with Crippen molar-refractivity contribution in [2.45, 2.75) is 19.8 Å². The van der Waals surface area contributed by atoms with Gasteiger partial charge in [-0.2, -0.15) is 0 Å². The average molecular weight is 213 g/mol. The summed E-state index contributed by atoms with van der Waals surface area (Å²) in [5, 5.41) is 8.29. The Morgan fingerprint density at radius 3 is 2.21 bits per heavy atom. The van der Waals surface area contributed by atoms with E-state index in [1.54, 1.807) is 12.1 Å². The van der Waals surface area contributed by atoms with Crippen LogP contribution in [0.15, 0.2) is 24.3 Å². The molecule has 1 aromatic rings. The number of phenolic OH excluding ortho intramolecular Hbond substituents is 1. The lowest BCUT2D eigenvalue weighted by Gasteiger charge is -1.96. The number of carbonyl (C=O) groups excluding carboxylic acids is 1. The van der Waals surface area contributed by atoms with E-state index in [0.717, 1.165) is 12.8 Å².